The van der Waals surface area contributed by atoms with Crippen LogP contribution in [0, 0.1) is 9.49 Å². The zero-order valence-corrected chi connectivity index (χ0v) is 11.3. The zero-order chi connectivity index (χ0) is 11.4. The minimum absolute atomic E-state index is 0.0678. The summed E-state index contributed by atoms with van der Waals surface area (Å²) in [6.45, 7) is 0.937. The van der Waals surface area contributed by atoms with Crippen LogP contribution in [0.15, 0.2) is 11.1 Å². The predicted molar refractivity (Wildman–Crippen MR) is 72.6 cm³/mol. The fraction of sp³-hybridized carbons (Fsp3) is 0.636. The average Bonchev–Trinajstić information content (AvgIpc) is 2.32. The van der Waals surface area contributed by atoms with Gasteiger partial charge in [0.15, 0.2) is 0 Å². The predicted octanol–water partition coefficient (Wildman–Crippen LogP) is 2.37. The molecule has 16 heavy (non-hydrogen) atoms. The van der Waals surface area contributed by atoms with Gasteiger partial charge in [0.1, 0.15) is 9.39 Å². The van der Waals surface area contributed by atoms with E-state index in [1.54, 1.807) is 0 Å². The van der Waals surface area contributed by atoms with Gasteiger partial charge in [-0.1, -0.05) is 19.3 Å². The van der Waals surface area contributed by atoms with Gasteiger partial charge in [-0.3, -0.25) is 4.79 Å². The lowest BCUT2D eigenvalue weighted by Gasteiger charge is -2.22. The highest BCUT2D eigenvalue weighted by molar-refractivity contribution is 14.1. The first-order chi connectivity index (χ1) is 7.77. The van der Waals surface area contributed by atoms with Crippen LogP contribution < -0.4 is 10.9 Å². The molecule has 0 aromatic carbocycles. The fourth-order valence-corrected chi connectivity index (χ4v) is 2.62. The van der Waals surface area contributed by atoms with E-state index < -0.39 is 0 Å². The smallest absolute Gasteiger partial charge is 0.266 e. The van der Waals surface area contributed by atoms with Crippen molar-refractivity contribution in [2.45, 2.75) is 32.1 Å². The van der Waals surface area contributed by atoms with Crippen LogP contribution in [0.3, 0.4) is 0 Å². The molecule has 4 nitrogen and oxygen atoms in total. The molecule has 0 aliphatic heterocycles. The summed E-state index contributed by atoms with van der Waals surface area (Å²) in [5.41, 5.74) is -0.0678. The molecule has 1 aromatic rings. The summed E-state index contributed by atoms with van der Waals surface area (Å²) in [4.78, 5) is 18.1. The van der Waals surface area contributed by atoms with Crippen molar-refractivity contribution in [1.29, 1.82) is 0 Å². The van der Waals surface area contributed by atoms with Crippen molar-refractivity contribution >= 4 is 28.4 Å². The quantitative estimate of drug-likeness (QED) is 0.835. The summed E-state index contributed by atoms with van der Waals surface area (Å²) in [6, 6.07) is 0. The van der Waals surface area contributed by atoms with Gasteiger partial charge in [-0.25, -0.2) is 4.98 Å². The van der Waals surface area contributed by atoms with Crippen molar-refractivity contribution in [3.8, 4) is 0 Å². The Morgan fingerprint density at radius 3 is 2.94 bits per heavy atom. The number of anilines is 1. The highest BCUT2D eigenvalue weighted by Gasteiger charge is 2.14. The molecule has 0 spiro atoms. The lowest BCUT2D eigenvalue weighted by atomic mass is 9.89. The van der Waals surface area contributed by atoms with Crippen LogP contribution in [-0.2, 0) is 0 Å². The third-order valence-electron chi connectivity index (χ3n) is 3.08. The van der Waals surface area contributed by atoms with Crippen LogP contribution in [0.5, 0.6) is 0 Å². The van der Waals surface area contributed by atoms with Gasteiger partial charge in [-0.2, -0.15) is 0 Å². The fourth-order valence-electron chi connectivity index (χ4n) is 2.14. The molecule has 0 amide bonds. The van der Waals surface area contributed by atoms with Crippen molar-refractivity contribution in [3.63, 3.8) is 0 Å². The monoisotopic (exact) mass is 333 g/mol. The number of aromatic amines is 1. The van der Waals surface area contributed by atoms with Crippen LogP contribution in [0.2, 0.25) is 0 Å². The lowest BCUT2D eigenvalue weighted by Crippen LogP contribution is -2.20. The topological polar surface area (TPSA) is 57.8 Å². The molecule has 5 heteroatoms. The second-order valence-electron chi connectivity index (χ2n) is 4.28. The van der Waals surface area contributed by atoms with Gasteiger partial charge in [-0.15, -0.1) is 0 Å². The van der Waals surface area contributed by atoms with Crippen molar-refractivity contribution < 1.29 is 0 Å². The third-order valence-corrected chi connectivity index (χ3v) is 4.08. The molecule has 1 aromatic heterocycles. The Balaban J connectivity index is 1.93. The minimum Gasteiger partial charge on any atom is -0.369 e. The summed E-state index contributed by atoms with van der Waals surface area (Å²) in [5, 5.41) is 3.28. The van der Waals surface area contributed by atoms with Gasteiger partial charge in [0.05, 0.1) is 6.33 Å². The number of nitrogens with zero attached hydrogens (tertiary/aromatic N) is 1. The number of H-pyrrole nitrogens is 1. The molecule has 1 heterocycles. The molecule has 0 radical (unpaired) electrons. The highest BCUT2D eigenvalue weighted by atomic mass is 127. The largest absolute Gasteiger partial charge is 0.369 e. The summed E-state index contributed by atoms with van der Waals surface area (Å²) < 4.78 is 0.649. The molecule has 1 aliphatic carbocycles. The Hall–Kier alpha value is -0.590. The van der Waals surface area contributed by atoms with Gasteiger partial charge in [0, 0.05) is 6.54 Å². The number of nitrogens with one attached hydrogen (secondary N) is 2. The third kappa shape index (κ3) is 2.96. The maximum Gasteiger partial charge on any atom is 0.266 e. The molecule has 1 saturated carbocycles. The summed E-state index contributed by atoms with van der Waals surface area (Å²) in [6.07, 6.45) is 8.10. The Morgan fingerprint density at radius 1 is 1.44 bits per heavy atom. The zero-order valence-electron chi connectivity index (χ0n) is 9.13. The molecule has 0 bridgehead atoms. The van der Waals surface area contributed by atoms with Crippen molar-refractivity contribution in [2.24, 2.45) is 5.92 Å². The first-order valence-electron chi connectivity index (χ1n) is 5.74. The summed E-state index contributed by atoms with van der Waals surface area (Å²) in [7, 11) is 0. The molecule has 0 atom stereocenters. The molecular weight excluding hydrogens is 317 g/mol. The number of rotatable bonds is 3. The molecule has 2 N–H and O–H groups in total. The van der Waals surface area contributed by atoms with E-state index in [0.717, 1.165) is 18.3 Å². The first kappa shape index (κ1) is 11.9. The Kier molecular flexibility index (Phi) is 4.20. The van der Waals surface area contributed by atoms with Gasteiger partial charge < -0.3 is 10.3 Å². The molecule has 2 rings (SSSR count). The number of aromatic nitrogens is 2. The first-order valence-corrected chi connectivity index (χ1v) is 6.82. The van der Waals surface area contributed by atoms with E-state index in [2.05, 4.69) is 15.3 Å². The molecule has 1 aliphatic rings. The van der Waals surface area contributed by atoms with Crippen LogP contribution in [0.25, 0.3) is 0 Å². The number of hydrogen-bond acceptors (Lipinski definition) is 3. The lowest BCUT2D eigenvalue weighted by molar-refractivity contribution is 0.373. The molecular formula is C11H16IN3O. The number of halogens is 1. The maximum absolute atomic E-state index is 11.3. The summed E-state index contributed by atoms with van der Waals surface area (Å²) >= 11 is 2.03. The van der Waals surface area contributed by atoms with Crippen LogP contribution >= 0.6 is 22.6 Å². The van der Waals surface area contributed by atoms with E-state index >= 15 is 0 Å². The van der Waals surface area contributed by atoms with Gasteiger partial charge in [0.2, 0.25) is 0 Å². The van der Waals surface area contributed by atoms with Crippen LogP contribution in [0.1, 0.15) is 32.1 Å². The van der Waals surface area contributed by atoms with Gasteiger partial charge >= 0.3 is 0 Å². The van der Waals surface area contributed by atoms with Crippen molar-refractivity contribution in [3.05, 3.63) is 20.3 Å². The second kappa shape index (κ2) is 5.65. The van der Waals surface area contributed by atoms with E-state index in [1.165, 1.54) is 38.4 Å². The number of hydrogen-bond donors (Lipinski definition) is 2. The van der Waals surface area contributed by atoms with E-state index in [1.807, 2.05) is 22.6 Å². The van der Waals surface area contributed by atoms with Crippen LogP contribution in [0.4, 0.5) is 5.82 Å². The molecule has 88 valence electrons. The van der Waals surface area contributed by atoms with Gasteiger partial charge in [0.25, 0.3) is 5.56 Å². The maximum atomic E-state index is 11.3. The van der Waals surface area contributed by atoms with E-state index in [4.69, 9.17) is 0 Å². The van der Waals surface area contributed by atoms with Crippen molar-refractivity contribution in [1.82, 2.24) is 9.97 Å². The van der Waals surface area contributed by atoms with Crippen LogP contribution in [-0.4, -0.2) is 16.5 Å². The average molecular weight is 333 g/mol. The molecule has 1 fully saturated rings. The van der Waals surface area contributed by atoms with E-state index in [9.17, 15) is 4.79 Å². The van der Waals surface area contributed by atoms with Gasteiger partial charge in [-0.05, 0) is 41.4 Å². The highest BCUT2D eigenvalue weighted by Crippen LogP contribution is 2.23. The Bertz CT molecular complexity index is 398. The second-order valence-corrected chi connectivity index (χ2v) is 5.36. The molecule has 0 unspecified atom stereocenters. The van der Waals surface area contributed by atoms with Crippen molar-refractivity contribution in [2.75, 3.05) is 11.9 Å². The Morgan fingerprint density at radius 2 is 2.19 bits per heavy atom. The molecule has 0 saturated heterocycles. The van der Waals surface area contributed by atoms with E-state index in [0.29, 0.717) is 3.57 Å². The van der Waals surface area contributed by atoms with E-state index in [-0.39, 0.29) is 5.56 Å². The normalized spacial score (nSPS) is 17.3. The minimum atomic E-state index is -0.0678. The standard InChI is InChI=1S/C11H16IN3O/c12-9-10(14-7-15-11(9)16)13-6-8-4-2-1-3-5-8/h7-8H,1-6H2,(H2,13,14,15,16). The summed E-state index contributed by atoms with van der Waals surface area (Å²) in [5.74, 6) is 1.46. The SMILES string of the molecule is O=c1[nH]cnc(NCC2CCCCC2)c1I. The Labute approximate surface area is 108 Å².